The summed E-state index contributed by atoms with van der Waals surface area (Å²) in [5.41, 5.74) is 0. The molecule has 0 aromatic heterocycles. The van der Waals surface area contributed by atoms with E-state index in [1.165, 1.54) is 44.9 Å². The summed E-state index contributed by atoms with van der Waals surface area (Å²) in [6, 6.07) is 0.675. The molecule has 4 nitrogen and oxygen atoms in total. The Bertz CT molecular complexity index is 365. The van der Waals surface area contributed by atoms with Gasteiger partial charge in [-0.3, -0.25) is 4.99 Å². The molecule has 3 fully saturated rings. The van der Waals surface area contributed by atoms with Crippen LogP contribution in [0.25, 0.3) is 0 Å². The van der Waals surface area contributed by atoms with Crippen LogP contribution >= 0.6 is 24.0 Å². The molecule has 0 aromatic carbocycles. The Labute approximate surface area is 152 Å². The Kier molecular flexibility index (Phi) is 7.25. The number of halogens is 1. The largest absolute Gasteiger partial charge is 0.381 e. The van der Waals surface area contributed by atoms with Crippen molar-refractivity contribution in [3.05, 3.63) is 0 Å². The standard InChI is InChI=1S/C17H31N3O.HI/c1-18-17(20(2)11-13-8-9-21-12-13)19-16-10-15(16)14-6-4-3-5-7-14;/h13-16H,3-12H2,1-2H3,(H,18,19);1H. The van der Waals surface area contributed by atoms with Crippen molar-refractivity contribution in [2.45, 2.75) is 51.0 Å². The zero-order valence-corrected chi connectivity index (χ0v) is 16.4. The molecule has 0 amide bonds. The van der Waals surface area contributed by atoms with Gasteiger partial charge in [0.05, 0.1) is 6.61 Å². The fourth-order valence-corrected chi connectivity index (χ4v) is 4.18. The van der Waals surface area contributed by atoms with Gasteiger partial charge in [-0.05, 0) is 24.7 Å². The number of aliphatic imine (C=N–C) groups is 1. The molecule has 2 aliphatic carbocycles. The highest BCUT2D eigenvalue weighted by molar-refractivity contribution is 14.0. The summed E-state index contributed by atoms with van der Waals surface area (Å²) in [5.74, 6) is 3.63. The molecule has 3 unspecified atom stereocenters. The van der Waals surface area contributed by atoms with Gasteiger partial charge in [-0.25, -0.2) is 0 Å². The first kappa shape index (κ1) is 18.3. The molecule has 3 atom stereocenters. The van der Waals surface area contributed by atoms with Crippen molar-refractivity contribution in [1.29, 1.82) is 0 Å². The minimum absolute atomic E-state index is 0. The van der Waals surface area contributed by atoms with Crippen LogP contribution in [0.5, 0.6) is 0 Å². The maximum Gasteiger partial charge on any atom is 0.193 e. The van der Waals surface area contributed by atoms with Crippen LogP contribution in [-0.4, -0.2) is 50.8 Å². The van der Waals surface area contributed by atoms with E-state index in [1.54, 1.807) is 0 Å². The molecule has 2 saturated carbocycles. The topological polar surface area (TPSA) is 36.9 Å². The average Bonchev–Trinajstić information content (AvgIpc) is 3.11. The number of nitrogens with zero attached hydrogens (tertiary/aromatic N) is 2. The van der Waals surface area contributed by atoms with Gasteiger partial charge in [0.25, 0.3) is 0 Å². The molecule has 1 aliphatic heterocycles. The highest BCUT2D eigenvalue weighted by atomic mass is 127. The molecule has 1 saturated heterocycles. The lowest BCUT2D eigenvalue weighted by atomic mass is 9.85. The lowest BCUT2D eigenvalue weighted by Gasteiger charge is -2.26. The van der Waals surface area contributed by atoms with Crippen molar-refractivity contribution in [2.75, 3.05) is 33.9 Å². The Morgan fingerprint density at radius 2 is 2.00 bits per heavy atom. The van der Waals surface area contributed by atoms with E-state index in [0.717, 1.165) is 37.6 Å². The van der Waals surface area contributed by atoms with E-state index in [9.17, 15) is 0 Å². The minimum atomic E-state index is 0. The maximum atomic E-state index is 5.47. The van der Waals surface area contributed by atoms with Crippen molar-refractivity contribution in [3.63, 3.8) is 0 Å². The second-order valence-electron chi connectivity index (χ2n) is 7.21. The van der Waals surface area contributed by atoms with Gasteiger partial charge in [0.1, 0.15) is 0 Å². The number of ether oxygens (including phenoxy) is 1. The lowest BCUT2D eigenvalue weighted by Crippen LogP contribution is -2.43. The molecule has 0 aromatic rings. The van der Waals surface area contributed by atoms with Crippen molar-refractivity contribution in [2.24, 2.45) is 22.7 Å². The van der Waals surface area contributed by atoms with Crippen molar-refractivity contribution < 1.29 is 4.74 Å². The van der Waals surface area contributed by atoms with Crippen molar-refractivity contribution in [1.82, 2.24) is 10.2 Å². The van der Waals surface area contributed by atoms with Gasteiger partial charge < -0.3 is 15.0 Å². The average molecular weight is 421 g/mol. The van der Waals surface area contributed by atoms with Crippen LogP contribution in [0.15, 0.2) is 4.99 Å². The Morgan fingerprint density at radius 3 is 2.64 bits per heavy atom. The molecular formula is C17H32IN3O. The number of hydrogen-bond acceptors (Lipinski definition) is 2. The van der Waals surface area contributed by atoms with E-state index in [0.29, 0.717) is 12.0 Å². The number of guanidine groups is 1. The van der Waals surface area contributed by atoms with Gasteiger partial charge >= 0.3 is 0 Å². The zero-order chi connectivity index (χ0) is 14.7. The summed E-state index contributed by atoms with van der Waals surface area (Å²) in [5, 5.41) is 3.70. The zero-order valence-electron chi connectivity index (χ0n) is 14.1. The smallest absolute Gasteiger partial charge is 0.193 e. The van der Waals surface area contributed by atoms with E-state index >= 15 is 0 Å². The van der Waals surface area contributed by atoms with E-state index in [-0.39, 0.29) is 24.0 Å². The van der Waals surface area contributed by atoms with E-state index < -0.39 is 0 Å². The summed E-state index contributed by atoms with van der Waals surface area (Å²) in [6.45, 7) is 2.90. The van der Waals surface area contributed by atoms with Crippen LogP contribution in [0, 0.1) is 17.8 Å². The molecular weight excluding hydrogens is 389 g/mol. The first-order valence-electron chi connectivity index (χ1n) is 8.80. The van der Waals surface area contributed by atoms with Crippen LogP contribution in [0.1, 0.15) is 44.9 Å². The third-order valence-corrected chi connectivity index (χ3v) is 5.54. The fraction of sp³-hybridized carbons (Fsp3) is 0.941. The summed E-state index contributed by atoms with van der Waals surface area (Å²) < 4.78 is 5.47. The predicted octanol–water partition coefficient (Wildman–Crippen LogP) is 3.12. The minimum Gasteiger partial charge on any atom is -0.381 e. The summed E-state index contributed by atoms with van der Waals surface area (Å²) in [6.07, 6.45) is 9.80. The molecule has 1 heterocycles. The van der Waals surface area contributed by atoms with Gasteiger partial charge in [0.15, 0.2) is 5.96 Å². The van der Waals surface area contributed by atoms with Crippen molar-refractivity contribution in [3.8, 4) is 0 Å². The third kappa shape index (κ3) is 4.73. The van der Waals surface area contributed by atoms with Gasteiger partial charge in [0.2, 0.25) is 0 Å². The van der Waals surface area contributed by atoms with Crippen LogP contribution in [0.3, 0.4) is 0 Å². The van der Waals surface area contributed by atoms with Gasteiger partial charge in [-0.2, -0.15) is 0 Å². The molecule has 3 rings (SSSR count). The van der Waals surface area contributed by atoms with Crippen LogP contribution in [0.4, 0.5) is 0 Å². The summed E-state index contributed by atoms with van der Waals surface area (Å²) >= 11 is 0. The first-order chi connectivity index (χ1) is 10.3. The number of rotatable bonds is 4. The van der Waals surface area contributed by atoms with E-state index in [2.05, 4.69) is 22.3 Å². The third-order valence-electron chi connectivity index (χ3n) is 5.54. The molecule has 1 N–H and O–H groups in total. The van der Waals surface area contributed by atoms with Crippen LogP contribution in [0.2, 0.25) is 0 Å². The quantitative estimate of drug-likeness (QED) is 0.431. The van der Waals surface area contributed by atoms with E-state index in [1.807, 2.05) is 7.05 Å². The van der Waals surface area contributed by atoms with Crippen molar-refractivity contribution >= 4 is 29.9 Å². The number of hydrogen-bond donors (Lipinski definition) is 1. The fourth-order valence-electron chi connectivity index (χ4n) is 4.18. The summed E-state index contributed by atoms with van der Waals surface area (Å²) in [7, 11) is 4.06. The highest BCUT2D eigenvalue weighted by Crippen LogP contribution is 2.44. The maximum absolute atomic E-state index is 5.47. The molecule has 0 bridgehead atoms. The second-order valence-corrected chi connectivity index (χ2v) is 7.21. The van der Waals surface area contributed by atoms with E-state index in [4.69, 9.17) is 4.74 Å². The first-order valence-corrected chi connectivity index (χ1v) is 8.80. The molecule has 3 aliphatic rings. The number of nitrogens with one attached hydrogen (secondary N) is 1. The SMILES string of the molecule is CN=C(NC1CC1C1CCCCC1)N(C)CC1CCOC1.I. The monoisotopic (exact) mass is 421 g/mol. The molecule has 0 spiro atoms. The Hall–Kier alpha value is -0.0400. The van der Waals surface area contributed by atoms with Crippen LogP contribution < -0.4 is 5.32 Å². The Morgan fingerprint density at radius 1 is 1.23 bits per heavy atom. The molecule has 128 valence electrons. The molecule has 22 heavy (non-hydrogen) atoms. The molecule has 0 radical (unpaired) electrons. The normalized spacial score (nSPS) is 32.5. The van der Waals surface area contributed by atoms with Gasteiger partial charge in [-0.15, -0.1) is 24.0 Å². The van der Waals surface area contributed by atoms with Gasteiger partial charge in [-0.1, -0.05) is 32.1 Å². The predicted molar refractivity (Wildman–Crippen MR) is 102 cm³/mol. The second kappa shape index (κ2) is 8.71. The highest BCUT2D eigenvalue weighted by Gasteiger charge is 2.43. The summed E-state index contributed by atoms with van der Waals surface area (Å²) in [4.78, 5) is 6.77. The van der Waals surface area contributed by atoms with Gasteiger partial charge in [0, 0.05) is 39.2 Å². The Balaban J connectivity index is 0.00000176. The molecule has 5 heteroatoms. The lowest BCUT2D eigenvalue weighted by molar-refractivity contribution is 0.181. The van der Waals surface area contributed by atoms with Crippen LogP contribution in [-0.2, 0) is 4.74 Å².